The van der Waals surface area contributed by atoms with E-state index in [1.807, 2.05) is 19.1 Å². The number of nitrogens with one attached hydrogen (secondary N) is 1. The van der Waals surface area contributed by atoms with Crippen molar-refractivity contribution in [2.45, 2.75) is 32.7 Å². The van der Waals surface area contributed by atoms with Crippen molar-refractivity contribution >= 4 is 22.9 Å². The zero-order chi connectivity index (χ0) is 15.2. The molecule has 2 aromatic rings. The lowest BCUT2D eigenvalue weighted by molar-refractivity contribution is 0.413. The first-order valence-electron chi connectivity index (χ1n) is 7.11. The second-order valence-corrected chi connectivity index (χ2v) is 6.34. The Bertz CT molecular complexity index is 585. The summed E-state index contributed by atoms with van der Waals surface area (Å²) < 4.78 is 5.32. The fraction of sp³-hybridized carbons (Fsp3) is 0.438. The largest absolute Gasteiger partial charge is 0.495 e. The Hall–Kier alpha value is -1.10. The molecule has 1 unspecified atom stereocenters. The van der Waals surface area contributed by atoms with Gasteiger partial charge in [-0.1, -0.05) is 24.6 Å². The second kappa shape index (κ2) is 7.78. The topological polar surface area (TPSA) is 34.2 Å². The predicted molar refractivity (Wildman–Crippen MR) is 89.6 cm³/mol. The zero-order valence-electron chi connectivity index (χ0n) is 12.6. The van der Waals surface area contributed by atoms with Crippen LogP contribution in [0.15, 0.2) is 23.6 Å². The number of rotatable bonds is 7. The van der Waals surface area contributed by atoms with E-state index in [1.54, 1.807) is 18.4 Å². The van der Waals surface area contributed by atoms with Crippen LogP contribution in [0, 0.1) is 6.92 Å². The molecule has 0 aliphatic heterocycles. The van der Waals surface area contributed by atoms with Crippen LogP contribution in [0.5, 0.6) is 5.75 Å². The highest BCUT2D eigenvalue weighted by atomic mass is 35.5. The summed E-state index contributed by atoms with van der Waals surface area (Å²) in [5, 5.41) is 7.46. The summed E-state index contributed by atoms with van der Waals surface area (Å²) in [5.74, 6) is 0.716. The Morgan fingerprint density at radius 1 is 1.43 bits per heavy atom. The highest BCUT2D eigenvalue weighted by Gasteiger charge is 2.15. The van der Waals surface area contributed by atoms with Crippen molar-refractivity contribution in [3.8, 4) is 5.75 Å². The van der Waals surface area contributed by atoms with E-state index in [0.717, 1.165) is 30.1 Å². The van der Waals surface area contributed by atoms with E-state index in [4.69, 9.17) is 16.3 Å². The number of aromatic nitrogens is 1. The van der Waals surface area contributed by atoms with Gasteiger partial charge in [0, 0.05) is 23.5 Å². The summed E-state index contributed by atoms with van der Waals surface area (Å²) in [6.07, 6.45) is 1.97. The summed E-state index contributed by atoms with van der Waals surface area (Å²) in [6, 6.07) is 6.18. The average molecular weight is 325 g/mol. The normalized spacial score (nSPS) is 12.4. The molecule has 1 aromatic heterocycles. The molecule has 0 radical (unpaired) electrons. The molecule has 1 heterocycles. The first-order chi connectivity index (χ1) is 10.1. The molecule has 1 atom stereocenters. The third kappa shape index (κ3) is 4.43. The second-order valence-electron chi connectivity index (χ2n) is 4.99. The lowest BCUT2D eigenvalue weighted by Crippen LogP contribution is -2.24. The average Bonchev–Trinajstić information content (AvgIpc) is 2.89. The Labute approximate surface area is 135 Å². The van der Waals surface area contributed by atoms with Crippen LogP contribution in [-0.4, -0.2) is 18.6 Å². The molecule has 0 fully saturated rings. The number of hydrogen-bond acceptors (Lipinski definition) is 4. The third-order valence-corrected chi connectivity index (χ3v) is 4.56. The molecule has 2 rings (SSSR count). The molecule has 0 bridgehead atoms. The fourth-order valence-corrected chi connectivity index (χ4v) is 3.20. The molecule has 0 amide bonds. The van der Waals surface area contributed by atoms with E-state index in [0.29, 0.717) is 10.8 Å². The van der Waals surface area contributed by atoms with E-state index in [2.05, 4.69) is 28.7 Å². The SMILES string of the molecule is CCCNC(Cc1nc(C)cs1)c1ccc(Cl)c(OC)c1. The number of benzene rings is 1. The molecule has 3 nitrogen and oxygen atoms in total. The molecular weight excluding hydrogens is 304 g/mol. The van der Waals surface area contributed by atoms with Gasteiger partial charge in [-0.05, 0) is 37.6 Å². The highest BCUT2D eigenvalue weighted by Crippen LogP contribution is 2.29. The summed E-state index contributed by atoms with van der Waals surface area (Å²) in [7, 11) is 1.64. The van der Waals surface area contributed by atoms with Crippen molar-refractivity contribution in [2.75, 3.05) is 13.7 Å². The number of aryl methyl sites for hydroxylation is 1. The Morgan fingerprint density at radius 2 is 2.24 bits per heavy atom. The number of nitrogens with zero attached hydrogens (tertiary/aromatic N) is 1. The van der Waals surface area contributed by atoms with Crippen LogP contribution in [-0.2, 0) is 6.42 Å². The van der Waals surface area contributed by atoms with E-state index in [9.17, 15) is 0 Å². The molecule has 1 aromatic carbocycles. The molecule has 0 saturated carbocycles. The van der Waals surface area contributed by atoms with Gasteiger partial charge >= 0.3 is 0 Å². The van der Waals surface area contributed by atoms with E-state index in [1.165, 1.54) is 5.56 Å². The van der Waals surface area contributed by atoms with Gasteiger partial charge in [-0.25, -0.2) is 4.98 Å². The Balaban J connectivity index is 2.22. The van der Waals surface area contributed by atoms with Gasteiger partial charge in [-0.3, -0.25) is 0 Å². The molecule has 0 aliphatic carbocycles. The van der Waals surface area contributed by atoms with Crippen LogP contribution in [0.4, 0.5) is 0 Å². The number of thiazole rings is 1. The number of methoxy groups -OCH3 is 1. The van der Waals surface area contributed by atoms with Crippen molar-refractivity contribution in [3.63, 3.8) is 0 Å². The van der Waals surface area contributed by atoms with Gasteiger partial charge in [0.2, 0.25) is 0 Å². The maximum atomic E-state index is 6.11. The van der Waals surface area contributed by atoms with Gasteiger partial charge in [-0.15, -0.1) is 11.3 Å². The molecular formula is C16H21ClN2OS. The molecule has 0 spiro atoms. The van der Waals surface area contributed by atoms with Crippen LogP contribution in [0.1, 0.15) is 35.7 Å². The standard InChI is InChI=1S/C16H21ClN2OS/c1-4-7-18-14(9-16-19-11(2)10-21-16)12-5-6-13(17)15(8-12)20-3/h5-6,8,10,14,18H,4,7,9H2,1-3H3. The predicted octanol–water partition coefficient (Wildman–Crippen LogP) is 4.40. The monoisotopic (exact) mass is 324 g/mol. The molecule has 0 saturated heterocycles. The molecule has 5 heteroatoms. The summed E-state index contributed by atoms with van der Waals surface area (Å²) in [4.78, 5) is 4.57. The van der Waals surface area contributed by atoms with Crippen molar-refractivity contribution in [1.29, 1.82) is 0 Å². The van der Waals surface area contributed by atoms with Crippen molar-refractivity contribution in [3.05, 3.63) is 44.9 Å². The maximum Gasteiger partial charge on any atom is 0.137 e. The van der Waals surface area contributed by atoms with Crippen LogP contribution in [0.3, 0.4) is 0 Å². The zero-order valence-corrected chi connectivity index (χ0v) is 14.2. The van der Waals surface area contributed by atoms with Gasteiger partial charge in [0.15, 0.2) is 0 Å². The van der Waals surface area contributed by atoms with Gasteiger partial charge in [0.25, 0.3) is 0 Å². The quantitative estimate of drug-likeness (QED) is 0.819. The van der Waals surface area contributed by atoms with Gasteiger partial charge in [-0.2, -0.15) is 0 Å². The maximum absolute atomic E-state index is 6.11. The fourth-order valence-electron chi connectivity index (χ4n) is 2.19. The van der Waals surface area contributed by atoms with Gasteiger partial charge < -0.3 is 10.1 Å². The van der Waals surface area contributed by atoms with Crippen molar-refractivity contribution in [1.82, 2.24) is 10.3 Å². The molecule has 21 heavy (non-hydrogen) atoms. The van der Waals surface area contributed by atoms with E-state index in [-0.39, 0.29) is 6.04 Å². The minimum Gasteiger partial charge on any atom is -0.495 e. The smallest absolute Gasteiger partial charge is 0.137 e. The Morgan fingerprint density at radius 3 is 2.86 bits per heavy atom. The van der Waals surface area contributed by atoms with Crippen LogP contribution >= 0.6 is 22.9 Å². The summed E-state index contributed by atoms with van der Waals surface area (Å²) in [6.45, 7) is 5.17. The minimum atomic E-state index is 0.224. The van der Waals surface area contributed by atoms with Gasteiger partial charge in [0.05, 0.1) is 17.1 Å². The molecule has 0 aliphatic rings. The first-order valence-corrected chi connectivity index (χ1v) is 8.37. The number of halogens is 1. The minimum absolute atomic E-state index is 0.224. The molecule has 114 valence electrons. The van der Waals surface area contributed by atoms with Crippen LogP contribution < -0.4 is 10.1 Å². The first kappa shape index (κ1) is 16.3. The third-order valence-electron chi connectivity index (χ3n) is 3.26. The van der Waals surface area contributed by atoms with E-state index < -0.39 is 0 Å². The van der Waals surface area contributed by atoms with Crippen LogP contribution in [0.25, 0.3) is 0 Å². The summed E-state index contributed by atoms with van der Waals surface area (Å²) in [5.41, 5.74) is 2.26. The van der Waals surface area contributed by atoms with Crippen molar-refractivity contribution in [2.24, 2.45) is 0 Å². The Kier molecular flexibility index (Phi) is 6.03. The molecule has 1 N–H and O–H groups in total. The lowest BCUT2D eigenvalue weighted by Gasteiger charge is -2.19. The number of hydrogen-bond donors (Lipinski definition) is 1. The van der Waals surface area contributed by atoms with Gasteiger partial charge in [0.1, 0.15) is 5.75 Å². The van der Waals surface area contributed by atoms with E-state index >= 15 is 0 Å². The van der Waals surface area contributed by atoms with Crippen LogP contribution in [0.2, 0.25) is 5.02 Å². The summed E-state index contributed by atoms with van der Waals surface area (Å²) >= 11 is 7.82. The lowest BCUT2D eigenvalue weighted by atomic mass is 10.0. The van der Waals surface area contributed by atoms with Crippen molar-refractivity contribution < 1.29 is 4.74 Å². The number of ether oxygens (including phenoxy) is 1. The highest BCUT2D eigenvalue weighted by molar-refractivity contribution is 7.09.